The lowest BCUT2D eigenvalue weighted by molar-refractivity contribution is 0.843. The van der Waals surface area contributed by atoms with Crippen LogP contribution in [0.2, 0.25) is 0 Å². The maximum Gasteiger partial charge on any atom is 0.260 e. The number of aryl methyl sites for hydroxylation is 2. The Morgan fingerprint density at radius 3 is 2.92 bits per heavy atom. The SMILES string of the molecule is Cc1ccc2c(=O)n(C)cnc2c1. The molecule has 0 saturated carbocycles. The lowest BCUT2D eigenvalue weighted by atomic mass is 10.2. The van der Waals surface area contributed by atoms with Crippen LogP contribution in [-0.2, 0) is 7.05 Å². The van der Waals surface area contributed by atoms with Gasteiger partial charge in [0.05, 0.1) is 17.2 Å². The fourth-order valence-corrected chi connectivity index (χ4v) is 1.32. The zero-order valence-corrected chi connectivity index (χ0v) is 7.61. The van der Waals surface area contributed by atoms with Crippen LogP contribution in [0.25, 0.3) is 10.9 Å². The Morgan fingerprint density at radius 2 is 2.15 bits per heavy atom. The second-order valence-corrected chi connectivity index (χ2v) is 3.18. The molecule has 0 atom stereocenters. The molecular weight excluding hydrogens is 164 g/mol. The van der Waals surface area contributed by atoms with E-state index in [2.05, 4.69) is 4.98 Å². The highest BCUT2D eigenvalue weighted by Crippen LogP contribution is 2.08. The number of fused-ring (bicyclic) bond motifs is 1. The lowest BCUT2D eigenvalue weighted by Crippen LogP contribution is -2.16. The van der Waals surface area contributed by atoms with Crippen molar-refractivity contribution < 1.29 is 0 Å². The minimum atomic E-state index is 0.00463. The number of aromatic nitrogens is 2. The van der Waals surface area contributed by atoms with Crippen LogP contribution in [0.3, 0.4) is 0 Å². The van der Waals surface area contributed by atoms with Gasteiger partial charge in [-0.15, -0.1) is 0 Å². The quantitative estimate of drug-likeness (QED) is 0.602. The first-order valence-electron chi connectivity index (χ1n) is 4.10. The van der Waals surface area contributed by atoms with E-state index in [1.165, 1.54) is 4.57 Å². The normalized spacial score (nSPS) is 10.6. The molecule has 0 aliphatic rings. The summed E-state index contributed by atoms with van der Waals surface area (Å²) in [6, 6.07) is 5.65. The molecule has 1 aromatic carbocycles. The zero-order valence-electron chi connectivity index (χ0n) is 7.61. The Morgan fingerprint density at radius 1 is 1.38 bits per heavy atom. The van der Waals surface area contributed by atoms with Gasteiger partial charge in [-0.05, 0) is 24.6 Å². The number of nitrogens with zero attached hydrogens (tertiary/aromatic N) is 2. The number of benzene rings is 1. The smallest absolute Gasteiger partial charge is 0.260 e. The van der Waals surface area contributed by atoms with Crippen molar-refractivity contribution in [1.82, 2.24) is 9.55 Å². The van der Waals surface area contributed by atoms with Crippen molar-refractivity contribution in [3.05, 3.63) is 40.4 Å². The van der Waals surface area contributed by atoms with Crippen molar-refractivity contribution in [3.63, 3.8) is 0 Å². The average Bonchev–Trinajstić information content (AvgIpc) is 2.12. The molecule has 0 amide bonds. The van der Waals surface area contributed by atoms with Crippen LogP contribution in [0, 0.1) is 6.92 Å². The van der Waals surface area contributed by atoms with E-state index in [0.29, 0.717) is 5.39 Å². The molecule has 1 heterocycles. The van der Waals surface area contributed by atoms with Crippen LogP contribution in [0.5, 0.6) is 0 Å². The molecular formula is C10H10N2O. The maximum absolute atomic E-state index is 11.6. The van der Waals surface area contributed by atoms with E-state index in [9.17, 15) is 4.79 Å². The summed E-state index contributed by atoms with van der Waals surface area (Å²) >= 11 is 0. The fourth-order valence-electron chi connectivity index (χ4n) is 1.32. The number of hydrogen-bond donors (Lipinski definition) is 0. The first-order valence-corrected chi connectivity index (χ1v) is 4.10. The molecule has 0 aliphatic carbocycles. The van der Waals surface area contributed by atoms with Crippen molar-refractivity contribution in [1.29, 1.82) is 0 Å². The summed E-state index contributed by atoms with van der Waals surface area (Å²) in [7, 11) is 1.70. The van der Waals surface area contributed by atoms with Gasteiger partial charge in [0.25, 0.3) is 5.56 Å². The molecule has 66 valence electrons. The van der Waals surface area contributed by atoms with Crippen LogP contribution < -0.4 is 5.56 Å². The molecule has 0 unspecified atom stereocenters. The Balaban J connectivity index is 2.95. The Bertz CT molecular complexity index is 514. The van der Waals surface area contributed by atoms with Crippen molar-refractivity contribution in [2.45, 2.75) is 6.92 Å². The Kier molecular flexibility index (Phi) is 1.65. The van der Waals surface area contributed by atoms with Crippen molar-refractivity contribution >= 4 is 10.9 Å². The van der Waals surface area contributed by atoms with Gasteiger partial charge in [0, 0.05) is 7.05 Å². The highest BCUT2D eigenvalue weighted by atomic mass is 16.1. The van der Waals surface area contributed by atoms with Gasteiger partial charge >= 0.3 is 0 Å². The van der Waals surface area contributed by atoms with Gasteiger partial charge < -0.3 is 4.57 Å². The molecule has 3 nitrogen and oxygen atoms in total. The molecule has 2 rings (SSSR count). The number of rotatable bonds is 0. The van der Waals surface area contributed by atoms with Crippen molar-refractivity contribution in [2.75, 3.05) is 0 Å². The third kappa shape index (κ3) is 1.22. The summed E-state index contributed by atoms with van der Waals surface area (Å²) in [6.07, 6.45) is 1.55. The second kappa shape index (κ2) is 2.69. The second-order valence-electron chi connectivity index (χ2n) is 3.18. The van der Waals surface area contributed by atoms with E-state index in [4.69, 9.17) is 0 Å². The van der Waals surface area contributed by atoms with Crippen LogP contribution in [0.4, 0.5) is 0 Å². The summed E-state index contributed by atoms with van der Waals surface area (Å²) in [5, 5.41) is 0.676. The topological polar surface area (TPSA) is 34.9 Å². The van der Waals surface area contributed by atoms with Gasteiger partial charge in [-0.3, -0.25) is 4.79 Å². The molecule has 0 spiro atoms. The highest BCUT2D eigenvalue weighted by molar-refractivity contribution is 5.77. The van der Waals surface area contributed by atoms with Crippen LogP contribution in [0.1, 0.15) is 5.56 Å². The fraction of sp³-hybridized carbons (Fsp3) is 0.200. The van der Waals surface area contributed by atoms with Gasteiger partial charge in [-0.2, -0.15) is 0 Å². The maximum atomic E-state index is 11.6. The molecule has 0 N–H and O–H groups in total. The highest BCUT2D eigenvalue weighted by Gasteiger charge is 2.00. The molecule has 0 radical (unpaired) electrons. The zero-order chi connectivity index (χ0) is 9.42. The molecule has 0 bridgehead atoms. The van der Waals surface area contributed by atoms with Gasteiger partial charge in [-0.1, -0.05) is 6.07 Å². The minimum absolute atomic E-state index is 0.00463. The molecule has 13 heavy (non-hydrogen) atoms. The van der Waals surface area contributed by atoms with E-state index in [0.717, 1.165) is 11.1 Å². The first kappa shape index (κ1) is 7.98. The summed E-state index contributed by atoms with van der Waals surface area (Å²) in [4.78, 5) is 15.7. The Hall–Kier alpha value is -1.64. The van der Waals surface area contributed by atoms with Crippen molar-refractivity contribution in [3.8, 4) is 0 Å². The van der Waals surface area contributed by atoms with Gasteiger partial charge in [0.2, 0.25) is 0 Å². The predicted octanol–water partition coefficient (Wildman–Crippen LogP) is 1.24. The number of hydrogen-bond acceptors (Lipinski definition) is 2. The monoisotopic (exact) mass is 174 g/mol. The minimum Gasteiger partial charge on any atom is -0.302 e. The van der Waals surface area contributed by atoms with Crippen LogP contribution in [-0.4, -0.2) is 9.55 Å². The van der Waals surface area contributed by atoms with E-state index < -0.39 is 0 Å². The molecule has 2 aromatic rings. The first-order chi connectivity index (χ1) is 6.18. The van der Waals surface area contributed by atoms with Gasteiger partial charge in [-0.25, -0.2) is 4.98 Å². The molecule has 0 saturated heterocycles. The molecule has 0 fully saturated rings. The summed E-state index contributed by atoms with van der Waals surface area (Å²) in [5.74, 6) is 0. The van der Waals surface area contributed by atoms with E-state index in [-0.39, 0.29) is 5.56 Å². The van der Waals surface area contributed by atoms with Crippen molar-refractivity contribution in [2.24, 2.45) is 7.05 Å². The molecule has 0 aliphatic heterocycles. The third-order valence-electron chi connectivity index (χ3n) is 2.07. The lowest BCUT2D eigenvalue weighted by Gasteiger charge is -2.00. The summed E-state index contributed by atoms with van der Waals surface area (Å²) in [5.41, 5.74) is 1.89. The average molecular weight is 174 g/mol. The standard InChI is InChI=1S/C10H10N2O/c1-7-3-4-8-9(5-7)11-6-12(2)10(8)13/h3-6H,1-2H3. The Labute approximate surface area is 75.7 Å². The van der Waals surface area contributed by atoms with Gasteiger partial charge in [0.1, 0.15) is 0 Å². The van der Waals surface area contributed by atoms with E-state index in [1.807, 2.05) is 25.1 Å². The third-order valence-corrected chi connectivity index (χ3v) is 2.07. The van der Waals surface area contributed by atoms with E-state index >= 15 is 0 Å². The summed E-state index contributed by atoms with van der Waals surface area (Å²) in [6.45, 7) is 1.98. The molecule has 3 heteroatoms. The van der Waals surface area contributed by atoms with E-state index in [1.54, 1.807) is 13.4 Å². The predicted molar refractivity (Wildman–Crippen MR) is 51.7 cm³/mol. The van der Waals surface area contributed by atoms with Crippen LogP contribution in [0.15, 0.2) is 29.3 Å². The van der Waals surface area contributed by atoms with Crippen LogP contribution >= 0.6 is 0 Å². The largest absolute Gasteiger partial charge is 0.302 e. The molecule has 1 aromatic heterocycles. The van der Waals surface area contributed by atoms with Gasteiger partial charge in [0.15, 0.2) is 0 Å². The summed E-state index contributed by atoms with van der Waals surface area (Å²) < 4.78 is 1.48.